The molecule has 0 radical (unpaired) electrons. The summed E-state index contributed by atoms with van der Waals surface area (Å²) in [6.45, 7) is 1.41. The van der Waals surface area contributed by atoms with Crippen LogP contribution < -0.4 is 5.32 Å². The van der Waals surface area contributed by atoms with Crippen LogP contribution in [0.4, 0.5) is 0 Å². The van der Waals surface area contributed by atoms with Crippen molar-refractivity contribution in [1.82, 2.24) is 5.32 Å². The van der Waals surface area contributed by atoms with Crippen LogP contribution >= 0.6 is 15.9 Å². The molecule has 80 valence electrons. The fourth-order valence-corrected chi connectivity index (χ4v) is 1.53. The van der Waals surface area contributed by atoms with Crippen LogP contribution in [0, 0.1) is 0 Å². The molecule has 1 aliphatic heterocycles. The molecule has 1 aromatic rings. The maximum absolute atomic E-state index is 11.5. The smallest absolute Gasteiger partial charge is 0.224 e. The Morgan fingerprint density at radius 1 is 1.47 bits per heavy atom. The lowest BCUT2D eigenvalue weighted by Gasteiger charge is -2.03. The number of ether oxygens (including phenoxy) is 1. The van der Waals surface area contributed by atoms with Crippen molar-refractivity contribution in [3.63, 3.8) is 0 Å². The lowest BCUT2D eigenvalue weighted by atomic mass is 10.1. The van der Waals surface area contributed by atoms with Gasteiger partial charge >= 0.3 is 0 Å². The molecule has 1 amide bonds. The summed E-state index contributed by atoms with van der Waals surface area (Å²) in [6, 6.07) is 7.76. The van der Waals surface area contributed by atoms with Crippen LogP contribution in [0.15, 0.2) is 28.7 Å². The van der Waals surface area contributed by atoms with Gasteiger partial charge in [0.15, 0.2) is 0 Å². The first-order valence-electron chi connectivity index (χ1n) is 4.87. The topological polar surface area (TPSA) is 41.6 Å². The van der Waals surface area contributed by atoms with Crippen molar-refractivity contribution in [2.75, 3.05) is 13.2 Å². The third-order valence-corrected chi connectivity index (χ3v) is 2.74. The molecule has 1 fully saturated rings. The van der Waals surface area contributed by atoms with E-state index in [4.69, 9.17) is 4.74 Å². The minimum Gasteiger partial charge on any atom is -0.371 e. The Morgan fingerprint density at radius 3 is 2.73 bits per heavy atom. The summed E-state index contributed by atoms with van der Waals surface area (Å²) >= 11 is 3.35. The Kier molecular flexibility index (Phi) is 3.38. The largest absolute Gasteiger partial charge is 0.371 e. The molecule has 1 saturated heterocycles. The molecule has 1 aliphatic rings. The predicted molar refractivity (Wildman–Crippen MR) is 60.6 cm³/mol. The number of epoxide rings is 1. The van der Waals surface area contributed by atoms with E-state index in [0.29, 0.717) is 13.0 Å². The maximum atomic E-state index is 11.5. The molecule has 0 saturated carbocycles. The molecule has 1 unspecified atom stereocenters. The summed E-state index contributed by atoms with van der Waals surface area (Å²) in [4.78, 5) is 11.5. The van der Waals surface area contributed by atoms with E-state index in [1.165, 1.54) is 0 Å². The molecular formula is C11H12BrNO2. The monoisotopic (exact) mass is 269 g/mol. The second kappa shape index (κ2) is 4.77. The average molecular weight is 270 g/mol. The standard InChI is InChI=1S/C11H12BrNO2/c12-9-3-1-8(2-4-9)5-11(14)13-6-10-7-15-10/h1-4,10H,5-7H2,(H,13,14). The predicted octanol–water partition coefficient (Wildman–Crippen LogP) is 1.51. The second-order valence-corrected chi connectivity index (χ2v) is 4.48. The summed E-state index contributed by atoms with van der Waals surface area (Å²) in [6.07, 6.45) is 0.680. The van der Waals surface area contributed by atoms with E-state index in [1.54, 1.807) is 0 Å². The second-order valence-electron chi connectivity index (χ2n) is 3.56. The molecule has 0 spiro atoms. The molecule has 1 heterocycles. The highest BCUT2D eigenvalue weighted by molar-refractivity contribution is 9.10. The maximum Gasteiger partial charge on any atom is 0.224 e. The summed E-state index contributed by atoms with van der Waals surface area (Å²) in [5, 5.41) is 2.83. The van der Waals surface area contributed by atoms with Crippen LogP contribution in [-0.2, 0) is 16.0 Å². The fraction of sp³-hybridized carbons (Fsp3) is 0.364. The van der Waals surface area contributed by atoms with Gasteiger partial charge in [0.25, 0.3) is 0 Å². The Labute approximate surface area is 96.9 Å². The molecule has 0 bridgehead atoms. The first-order valence-corrected chi connectivity index (χ1v) is 5.66. The molecule has 3 nitrogen and oxygen atoms in total. The van der Waals surface area contributed by atoms with Crippen molar-refractivity contribution in [3.8, 4) is 0 Å². The number of rotatable bonds is 4. The number of hydrogen-bond acceptors (Lipinski definition) is 2. The number of carbonyl (C=O) groups is 1. The number of hydrogen-bond donors (Lipinski definition) is 1. The van der Waals surface area contributed by atoms with Gasteiger partial charge in [0.05, 0.1) is 19.1 Å². The van der Waals surface area contributed by atoms with E-state index >= 15 is 0 Å². The normalized spacial score (nSPS) is 18.6. The summed E-state index contributed by atoms with van der Waals surface area (Å²) in [5.74, 6) is 0.0489. The fourth-order valence-electron chi connectivity index (χ4n) is 1.26. The lowest BCUT2D eigenvalue weighted by Crippen LogP contribution is -2.28. The minimum absolute atomic E-state index is 0.0489. The molecule has 1 atom stereocenters. The Bertz CT molecular complexity index is 346. The third-order valence-electron chi connectivity index (χ3n) is 2.21. The van der Waals surface area contributed by atoms with Gasteiger partial charge in [-0.15, -0.1) is 0 Å². The highest BCUT2D eigenvalue weighted by Gasteiger charge is 2.22. The molecule has 2 rings (SSSR count). The van der Waals surface area contributed by atoms with Gasteiger partial charge in [0, 0.05) is 11.0 Å². The van der Waals surface area contributed by atoms with E-state index in [2.05, 4.69) is 21.2 Å². The number of carbonyl (C=O) groups excluding carboxylic acids is 1. The molecule has 0 aromatic heterocycles. The van der Waals surface area contributed by atoms with Gasteiger partial charge in [-0.3, -0.25) is 4.79 Å². The molecular weight excluding hydrogens is 258 g/mol. The van der Waals surface area contributed by atoms with Gasteiger partial charge in [-0.2, -0.15) is 0 Å². The van der Waals surface area contributed by atoms with Gasteiger partial charge in [0.2, 0.25) is 5.91 Å². The van der Waals surface area contributed by atoms with Gasteiger partial charge in [0.1, 0.15) is 0 Å². The zero-order chi connectivity index (χ0) is 10.7. The SMILES string of the molecule is O=C(Cc1ccc(Br)cc1)NCC1CO1. The van der Waals surface area contributed by atoms with E-state index in [0.717, 1.165) is 16.6 Å². The quantitative estimate of drug-likeness (QED) is 0.842. The molecule has 1 N–H and O–H groups in total. The Hall–Kier alpha value is -0.870. The number of amides is 1. The van der Waals surface area contributed by atoms with E-state index in [-0.39, 0.29) is 12.0 Å². The van der Waals surface area contributed by atoms with Crippen molar-refractivity contribution < 1.29 is 9.53 Å². The van der Waals surface area contributed by atoms with Gasteiger partial charge in [-0.1, -0.05) is 28.1 Å². The first kappa shape index (κ1) is 10.6. The van der Waals surface area contributed by atoms with Crippen LogP contribution in [0.3, 0.4) is 0 Å². The van der Waals surface area contributed by atoms with E-state index < -0.39 is 0 Å². The third kappa shape index (κ3) is 3.64. The summed E-state index contributed by atoms with van der Waals surface area (Å²) in [5.41, 5.74) is 1.02. The molecule has 4 heteroatoms. The van der Waals surface area contributed by atoms with Crippen LogP contribution in [-0.4, -0.2) is 25.2 Å². The Balaban J connectivity index is 1.79. The molecule has 0 aliphatic carbocycles. The van der Waals surface area contributed by atoms with Crippen molar-refractivity contribution in [2.45, 2.75) is 12.5 Å². The van der Waals surface area contributed by atoms with Crippen molar-refractivity contribution in [3.05, 3.63) is 34.3 Å². The summed E-state index contributed by atoms with van der Waals surface area (Å²) < 4.78 is 6.03. The highest BCUT2D eigenvalue weighted by Crippen LogP contribution is 2.11. The van der Waals surface area contributed by atoms with Crippen LogP contribution in [0.25, 0.3) is 0 Å². The number of halogens is 1. The van der Waals surface area contributed by atoms with E-state index in [9.17, 15) is 4.79 Å². The van der Waals surface area contributed by atoms with Gasteiger partial charge in [-0.05, 0) is 17.7 Å². The van der Waals surface area contributed by atoms with Crippen LogP contribution in [0.2, 0.25) is 0 Å². The minimum atomic E-state index is 0.0489. The van der Waals surface area contributed by atoms with Crippen molar-refractivity contribution >= 4 is 21.8 Å². The van der Waals surface area contributed by atoms with Crippen molar-refractivity contribution in [1.29, 1.82) is 0 Å². The van der Waals surface area contributed by atoms with Crippen molar-refractivity contribution in [2.24, 2.45) is 0 Å². The Morgan fingerprint density at radius 2 is 2.13 bits per heavy atom. The van der Waals surface area contributed by atoms with Crippen LogP contribution in [0.5, 0.6) is 0 Å². The summed E-state index contributed by atoms with van der Waals surface area (Å²) in [7, 11) is 0. The van der Waals surface area contributed by atoms with E-state index in [1.807, 2.05) is 24.3 Å². The van der Waals surface area contributed by atoms with Gasteiger partial charge < -0.3 is 10.1 Å². The van der Waals surface area contributed by atoms with Crippen LogP contribution in [0.1, 0.15) is 5.56 Å². The zero-order valence-electron chi connectivity index (χ0n) is 8.20. The average Bonchev–Trinajstić information content (AvgIpc) is 3.02. The number of benzene rings is 1. The first-order chi connectivity index (χ1) is 7.24. The number of nitrogens with one attached hydrogen (secondary N) is 1. The molecule has 15 heavy (non-hydrogen) atoms. The molecule has 1 aromatic carbocycles. The lowest BCUT2D eigenvalue weighted by molar-refractivity contribution is -0.120. The van der Waals surface area contributed by atoms with Gasteiger partial charge in [-0.25, -0.2) is 0 Å². The zero-order valence-corrected chi connectivity index (χ0v) is 9.79. The highest BCUT2D eigenvalue weighted by atomic mass is 79.9.